The fourth-order valence-corrected chi connectivity index (χ4v) is 1.57. The Morgan fingerprint density at radius 2 is 2.18 bits per heavy atom. The average Bonchev–Trinajstić information content (AvgIpc) is 2.83. The van der Waals surface area contributed by atoms with Crippen LogP contribution in [-0.2, 0) is 0 Å². The Labute approximate surface area is 124 Å². The van der Waals surface area contributed by atoms with E-state index in [1.54, 1.807) is 13.2 Å². The van der Waals surface area contributed by atoms with Crippen LogP contribution >= 0.6 is 0 Å². The van der Waals surface area contributed by atoms with E-state index in [2.05, 4.69) is 30.5 Å². The molecule has 2 rings (SSSR count). The van der Waals surface area contributed by atoms with Crippen molar-refractivity contribution in [3.05, 3.63) is 35.9 Å². The molecule has 1 aromatic heterocycles. The largest absolute Gasteiger partial charge is 0.573 e. The maximum absolute atomic E-state index is 12.2. The van der Waals surface area contributed by atoms with E-state index in [9.17, 15) is 13.2 Å². The summed E-state index contributed by atoms with van der Waals surface area (Å²) in [5.41, 5.74) is 4.50. The molecular formula is C13H14F3N5O. The Bertz CT molecular complexity index is 705. The topological polar surface area (TPSA) is 74.3 Å². The van der Waals surface area contributed by atoms with Crippen molar-refractivity contribution in [3.8, 4) is 5.75 Å². The Kier molecular flexibility index (Phi) is 4.54. The molecule has 0 radical (unpaired) electrons. The van der Waals surface area contributed by atoms with Crippen LogP contribution in [0, 0.1) is 0 Å². The molecule has 0 saturated carbocycles. The van der Waals surface area contributed by atoms with Crippen molar-refractivity contribution in [3.63, 3.8) is 0 Å². The number of aromatic amines is 1. The average molecular weight is 313 g/mol. The lowest BCUT2D eigenvalue weighted by molar-refractivity contribution is -0.274. The van der Waals surface area contributed by atoms with Gasteiger partial charge in [0.2, 0.25) is 0 Å². The van der Waals surface area contributed by atoms with Gasteiger partial charge in [-0.15, -0.1) is 13.2 Å². The van der Waals surface area contributed by atoms with Gasteiger partial charge in [-0.25, -0.2) is 4.98 Å². The summed E-state index contributed by atoms with van der Waals surface area (Å²) in [5, 5.41) is 6.82. The van der Waals surface area contributed by atoms with Crippen molar-refractivity contribution in [1.29, 1.82) is 0 Å². The highest BCUT2D eigenvalue weighted by Crippen LogP contribution is 2.25. The first-order valence-corrected chi connectivity index (χ1v) is 6.26. The molecular weight excluding hydrogens is 299 g/mol. The third kappa shape index (κ3) is 4.40. The van der Waals surface area contributed by atoms with E-state index >= 15 is 0 Å². The molecule has 118 valence electrons. The van der Waals surface area contributed by atoms with Gasteiger partial charge in [-0.1, -0.05) is 0 Å². The molecule has 0 spiro atoms. The summed E-state index contributed by atoms with van der Waals surface area (Å²) >= 11 is 0. The highest BCUT2D eigenvalue weighted by molar-refractivity contribution is 5.84. The molecule has 0 unspecified atom stereocenters. The number of ether oxygens (including phenoxy) is 1. The van der Waals surface area contributed by atoms with Crippen molar-refractivity contribution >= 4 is 17.2 Å². The number of halogens is 3. The summed E-state index contributed by atoms with van der Waals surface area (Å²) in [4.78, 5) is 7.01. The van der Waals surface area contributed by atoms with E-state index in [1.165, 1.54) is 24.4 Å². The van der Waals surface area contributed by atoms with Crippen LogP contribution in [0.15, 0.2) is 35.2 Å². The molecule has 0 aliphatic heterocycles. The van der Waals surface area contributed by atoms with E-state index in [0.717, 1.165) is 5.70 Å². The van der Waals surface area contributed by atoms with Crippen LogP contribution < -0.4 is 15.5 Å². The lowest BCUT2D eigenvalue weighted by atomic mass is 10.3. The zero-order valence-corrected chi connectivity index (χ0v) is 11.8. The Morgan fingerprint density at radius 3 is 2.86 bits per heavy atom. The van der Waals surface area contributed by atoms with Crippen LogP contribution in [0.25, 0.3) is 11.0 Å². The molecule has 0 fully saturated rings. The van der Waals surface area contributed by atoms with Gasteiger partial charge in [-0.05, 0) is 19.1 Å². The Morgan fingerprint density at radius 1 is 1.41 bits per heavy atom. The Balaban J connectivity index is 2.12. The number of hydrazone groups is 1. The first-order valence-electron chi connectivity index (χ1n) is 6.26. The van der Waals surface area contributed by atoms with E-state index in [4.69, 9.17) is 0 Å². The maximum Gasteiger partial charge on any atom is 0.573 e. The summed E-state index contributed by atoms with van der Waals surface area (Å²) in [7, 11) is 1.77. The van der Waals surface area contributed by atoms with E-state index in [1.807, 2.05) is 6.92 Å². The number of H-pyrrole nitrogens is 1. The van der Waals surface area contributed by atoms with E-state index < -0.39 is 6.36 Å². The number of rotatable bonds is 5. The normalized spacial score (nSPS) is 12.9. The summed E-state index contributed by atoms with van der Waals surface area (Å²) in [5.74, 6) is 0.0972. The van der Waals surface area contributed by atoms with Crippen LogP contribution in [-0.4, -0.2) is 29.6 Å². The van der Waals surface area contributed by atoms with E-state index in [0.29, 0.717) is 16.9 Å². The minimum Gasteiger partial charge on any atom is -0.406 e. The molecule has 6 nitrogen and oxygen atoms in total. The molecule has 22 heavy (non-hydrogen) atoms. The SMILES string of the molecule is CN/C(C)=C/N/N=C/c1nc2ccc(OC(F)(F)F)cc2[nH]1. The molecule has 0 atom stereocenters. The van der Waals surface area contributed by atoms with Crippen molar-refractivity contribution in [2.24, 2.45) is 5.10 Å². The molecule has 0 saturated heterocycles. The van der Waals surface area contributed by atoms with Crippen molar-refractivity contribution < 1.29 is 17.9 Å². The number of nitrogens with zero attached hydrogens (tertiary/aromatic N) is 2. The lowest BCUT2D eigenvalue weighted by Crippen LogP contribution is -2.16. The fraction of sp³-hybridized carbons (Fsp3) is 0.231. The number of hydrogen-bond donors (Lipinski definition) is 3. The van der Waals surface area contributed by atoms with Crippen LogP contribution in [0.3, 0.4) is 0 Å². The van der Waals surface area contributed by atoms with Gasteiger partial charge in [0.05, 0.1) is 17.2 Å². The second kappa shape index (κ2) is 6.37. The van der Waals surface area contributed by atoms with Crippen LogP contribution in [0.2, 0.25) is 0 Å². The monoisotopic (exact) mass is 313 g/mol. The summed E-state index contributed by atoms with van der Waals surface area (Å²) in [6.45, 7) is 1.85. The van der Waals surface area contributed by atoms with Crippen molar-refractivity contribution in [2.45, 2.75) is 13.3 Å². The Hall–Kier alpha value is -2.71. The first kappa shape index (κ1) is 15.7. The van der Waals surface area contributed by atoms with Crippen LogP contribution in [0.4, 0.5) is 13.2 Å². The van der Waals surface area contributed by atoms with Gasteiger partial charge < -0.3 is 15.0 Å². The molecule has 0 aliphatic rings. The highest BCUT2D eigenvalue weighted by Gasteiger charge is 2.31. The summed E-state index contributed by atoms with van der Waals surface area (Å²) < 4.78 is 40.3. The second-order valence-corrected chi connectivity index (χ2v) is 4.31. The van der Waals surface area contributed by atoms with Crippen LogP contribution in [0.1, 0.15) is 12.7 Å². The van der Waals surface area contributed by atoms with Gasteiger partial charge in [-0.2, -0.15) is 5.10 Å². The van der Waals surface area contributed by atoms with Crippen molar-refractivity contribution in [2.75, 3.05) is 7.05 Å². The first-order chi connectivity index (χ1) is 10.4. The number of alkyl halides is 3. The third-order valence-electron chi connectivity index (χ3n) is 2.64. The van der Waals surface area contributed by atoms with Gasteiger partial charge in [0, 0.05) is 25.0 Å². The number of hydrogen-bond acceptors (Lipinski definition) is 5. The predicted molar refractivity (Wildman–Crippen MR) is 76.3 cm³/mol. The molecule has 0 amide bonds. The summed E-state index contributed by atoms with van der Waals surface area (Å²) in [6, 6.07) is 3.86. The van der Waals surface area contributed by atoms with Crippen LogP contribution in [0.5, 0.6) is 5.75 Å². The van der Waals surface area contributed by atoms with Gasteiger partial charge in [0.15, 0.2) is 5.82 Å². The third-order valence-corrected chi connectivity index (χ3v) is 2.64. The van der Waals surface area contributed by atoms with Gasteiger partial charge in [-0.3, -0.25) is 5.43 Å². The molecule has 3 N–H and O–H groups in total. The molecule has 0 bridgehead atoms. The summed E-state index contributed by atoms with van der Waals surface area (Å²) in [6.07, 6.45) is -1.66. The predicted octanol–water partition coefficient (Wildman–Crippen LogP) is 2.47. The van der Waals surface area contributed by atoms with Gasteiger partial charge in [0.1, 0.15) is 5.75 Å². The number of fused-ring (bicyclic) bond motifs is 1. The number of benzene rings is 1. The highest BCUT2D eigenvalue weighted by atomic mass is 19.4. The minimum absolute atomic E-state index is 0.308. The second-order valence-electron chi connectivity index (χ2n) is 4.31. The van der Waals surface area contributed by atoms with Gasteiger partial charge >= 0.3 is 6.36 Å². The standard InChI is InChI=1S/C13H14F3N5O/c1-8(17-2)6-18-19-7-12-20-10-4-3-9(5-11(10)21-12)22-13(14,15)16/h3-7,17-18H,1-2H3,(H,20,21)/b8-6+,19-7+. The number of allylic oxidation sites excluding steroid dienone is 1. The fourth-order valence-electron chi connectivity index (χ4n) is 1.57. The number of imidazole rings is 1. The van der Waals surface area contributed by atoms with E-state index in [-0.39, 0.29) is 5.75 Å². The molecule has 9 heteroatoms. The molecule has 1 aromatic carbocycles. The number of aromatic nitrogens is 2. The van der Waals surface area contributed by atoms with Crippen molar-refractivity contribution in [1.82, 2.24) is 20.7 Å². The lowest BCUT2D eigenvalue weighted by Gasteiger charge is -2.07. The maximum atomic E-state index is 12.2. The smallest absolute Gasteiger partial charge is 0.406 e. The van der Waals surface area contributed by atoms with Gasteiger partial charge in [0.25, 0.3) is 0 Å². The molecule has 0 aliphatic carbocycles. The zero-order valence-electron chi connectivity index (χ0n) is 11.8. The number of nitrogens with one attached hydrogen (secondary N) is 3. The minimum atomic E-state index is -4.72. The quantitative estimate of drug-likeness (QED) is 0.585. The zero-order chi connectivity index (χ0) is 16.2. The molecule has 1 heterocycles. The molecule has 2 aromatic rings.